The second-order valence-electron chi connectivity index (χ2n) is 5.40. The maximum atomic E-state index is 5.97. The first-order valence-corrected chi connectivity index (χ1v) is 8.42. The minimum Gasteiger partial charge on any atom is -0.310 e. The number of likely N-dealkylation sites (N-methyl/N-ethyl adjacent to an activating group) is 1. The standard InChI is InChI=1S/C18H21BrClN/c1-4-21-18(11-14-5-7-15(20)8-6-14)16-9-13(3)17(19)10-12(16)2/h5-10,18,21H,4,11H2,1-3H3. The summed E-state index contributed by atoms with van der Waals surface area (Å²) in [5.41, 5.74) is 5.25. The topological polar surface area (TPSA) is 12.0 Å². The molecule has 1 unspecified atom stereocenters. The molecular weight excluding hydrogens is 346 g/mol. The van der Waals surface area contributed by atoms with E-state index in [0.717, 1.165) is 18.0 Å². The zero-order chi connectivity index (χ0) is 15.4. The summed E-state index contributed by atoms with van der Waals surface area (Å²) in [5.74, 6) is 0. The molecule has 0 saturated heterocycles. The first-order chi connectivity index (χ1) is 10.0. The maximum Gasteiger partial charge on any atom is 0.0406 e. The van der Waals surface area contributed by atoms with Gasteiger partial charge in [0.1, 0.15) is 0 Å². The average molecular weight is 367 g/mol. The Kier molecular flexibility index (Phi) is 5.86. The Balaban J connectivity index is 2.30. The highest BCUT2D eigenvalue weighted by molar-refractivity contribution is 9.10. The molecule has 0 heterocycles. The first kappa shape index (κ1) is 16.5. The molecule has 3 heteroatoms. The Bertz CT molecular complexity index is 607. The summed E-state index contributed by atoms with van der Waals surface area (Å²) in [6.45, 7) is 7.41. The number of benzene rings is 2. The van der Waals surface area contributed by atoms with Crippen molar-refractivity contribution in [1.29, 1.82) is 0 Å². The van der Waals surface area contributed by atoms with Crippen LogP contribution >= 0.6 is 27.5 Å². The molecule has 2 aromatic carbocycles. The summed E-state index contributed by atoms with van der Waals surface area (Å²) in [5, 5.41) is 4.39. The predicted molar refractivity (Wildman–Crippen MR) is 95.2 cm³/mol. The van der Waals surface area contributed by atoms with E-state index >= 15 is 0 Å². The van der Waals surface area contributed by atoms with Gasteiger partial charge in [0.05, 0.1) is 0 Å². The van der Waals surface area contributed by atoms with Crippen LogP contribution in [0.4, 0.5) is 0 Å². The van der Waals surface area contributed by atoms with Gasteiger partial charge in [0, 0.05) is 15.5 Å². The van der Waals surface area contributed by atoms with Crippen molar-refractivity contribution in [3.63, 3.8) is 0 Å². The molecule has 2 aromatic rings. The Morgan fingerprint density at radius 3 is 2.38 bits per heavy atom. The number of hydrogen-bond acceptors (Lipinski definition) is 1. The van der Waals surface area contributed by atoms with Crippen LogP contribution in [-0.2, 0) is 6.42 Å². The Morgan fingerprint density at radius 2 is 1.76 bits per heavy atom. The van der Waals surface area contributed by atoms with Crippen LogP contribution < -0.4 is 5.32 Å². The molecule has 2 rings (SSSR count). The molecule has 0 aliphatic carbocycles. The molecule has 0 saturated carbocycles. The number of halogens is 2. The molecule has 0 radical (unpaired) electrons. The summed E-state index contributed by atoms with van der Waals surface area (Å²) in [7, 11) is 0. The van der Waals surface area contributed by atoms with Gasteiger partial charge in [-0.1, -0.05) is 52.7 Å². The summed E-state index contributed by atoms with van der Waals surface area (Å²) in [6.07, 6.45) is 0.965. The zero-order valence-electron chi connectivity index (χ0n) is 12.7. The van der Waals surface area contributed by atoms with Crippen molar-refractivity contribution in [3.8, 4) is 0 Å². The van der Waals surface area contributed by atoms with Gasteiger partial charge in [-0.05, 0) is 67.3 Å². The molecule has 0 spiro atoms. The third kappa shape index (κ3) is 4.32. The molecule has 0 fully saturated rings. The van der Waals surface area contributed by atoms with Gasteiger partial charge in [-0.3, -0.25) is 0 Å². The molecule has 1 nitrogen and oxygen atoms in total. The quantitative estimate of drug-likeness (QED) is 0.725. The van der Waals surface area contributed by atoms with E-state index in [-0.39, 0.29) is 0 Å². The molecule has 112 valence electrons. The number of nitrogens with one attached hydrogen (secondary N) is 1. The Labute approximate surface area is 140 Å². The zero-order valence-corrected chi connectivity index (χ0v) is 15.1. The van der Waals surface area contributed by atoms with Crippen molar-refractivity contribution >= 4 is 27.5 Å². The summed E-state index contributed by atoms with van der Waals surface area (Å²) >= 11 is 9.58. The smallest absolute Gasteiger partial charge is 0.0406 e. The highest BCUT2D eigenvalue weighted by atomic mass is 79.9. The second-order valence-corrected chi connectivity index (χ2v) is 6.69. The molecule has 0 aromatic heterocycles. The Morgan fingerprint density at radius 1 is 1.10 bits per heavy atom. The molecule has 0 aliphatic heterocycles. The van der Waals surface area contributed by atoms with Crippen LogP contribution in [0, 0.1) is 13.8 Å². The molecular formula is C18H21BrClN. The van der Waals surface area contributed by atoms with E-state index in [0.29, 0.717) is 6.04 Å². The van der Waals surface area contributed by atoms with Crippen LogP contribution in [0.25, 0.3) is 0 Å². The van der Waals surface area contributed by atoms with Crippen molar-refractivity contribution in [2.75, 3.05) is 6.54 Å². The fourth-order valence-electron chi connectivity index (χ4n) is 2.57. The third-order valence-electron chi connectivity index (χ3n) is 3.73. The number of hydrogen-bond donors (Lipinski definition) is 1. The minimum absolute atomic E-state index is 0.322. The van der Waals surface area contributed by atoms with E-state index in [2.05, 4.69) is 66.3 Å². The first-order valence-electron chi connectivity index (χ1n) is 7.25. The normalized spacial score (nSPS) is 12.4. The van der Waals surface area contributed by atoms with E-state index in [1.165, 1.54) is 26.7 Å². The minimum atomic E-state index is 0.322. The van der Waals surface area contributed by atoms with E-state index in [4.69, 9.17) is 11.6 Å². The lowest BCUT2D eigenvalue weighted by Crippen LogP contribution is -2.24. The molecule has 1 atom stereocenters. The monoisotopic (exact) mass is 365 g/mol. The van der Waals surface area contributed by atoms with Crippen LogP contribution in [-0.4, -0.2) is 6.54 Å². The summed E-state index contributed by atoms with van der Waals surface area (Å²) in [6, 6.07) is 12.9. The van der Waals surface area contributed by atoms with E-state index in [9.17, 15) is 0 Å². The average Bonchev–Trinajstić information content (AvgIpc) is 2.45. The lowest BCUT2D eigenvalue weighted by molar-refractivity contribution is 0.547. The predicted octanol–water partition coefficient (Wildman–Crippen LogP) is 5.61. The summed E-state index contributed by atoms with van der Waals surface area (Å²) < 4.78 is 1.17. The highest BCUT2D eigenvalue weighted by Gasteiger charge is 2.15. The van der Waals surface area contributed by atoms with Gasteiger partial charge in [-0.2, -0.15) is 0 Å². The SMILES string of the molecule is CCNC(Cc1ccc(Cl)cc1)c1cc(C)c(Br)cc1C. The van der Waals surface area contributed by atoms with Crippen LogP contribution in [0.5, 0.6) is 0 Å². The molecule has 0 amide bonds. The lowest BCUT2D eigenvalue weighted by Gasteiger charge is -2.22. The van der Waals surface area contributed by atoms with Crippen molar-refractivity contribution in [1.82, 2.24) is 5.32 Å². The van der Waals surface area contributed by atoms with Gasteiger partial charge in [0.25, 0.3) is 0 Å². The third-order valence-corrected chi connectivity index (χ3v) is 4.83. The van der Waals surface area contributed by atoms with Crippen molar-refractivity contribution in [3.05, 3.63) is 68.1 Å². The maximum absolute atomic E-state index is 5.97. The number of rotatable bonds is 5. The van der Waals surface area contributed by atoms with Gasteiger partial charge in [0.15, 0.2) is 0 Å². The summed E-state index contributed by atoms with van der Waals surface area (Å²) in [4.78, 5) is 0. The fourth-order valence-corrected chi connectivity index (χ4v) is 3.16. The second kappa shape index (κ2) is 7.44. The van der Waals surface area contributed by atoms with Gasteiger partial charge in [-0.15, -0.1) is 0 Å². The number of aryl methyl sites for hydroxylation is 2. The van der Waals surface area contributed by atoms with Gasteiger partial charge in [0.2, 0.25) is 0 Å². The fraction of sp³-hybridized carbons (Fsp3) is 0.333. The highest BCUT2D eigenvalue weighted by Crippen LogP contribution is 2.27. The van der Waals surface area contributed by atoms with Gasteiger partial charge in [-0.25, -0.2) is 0 Å². The van der Waals surface area contributed by atoms with Crippen LogP contribution in [0.15, 0.2) is 40.9 Å². The van der Waals surface area contributed by atoms with Gasteiger partial charge < -0.3 is 5.32 Å². The van der Waals surface area contributed by atoms with Crippen molar-refractivity contribution in [2.24, 2.45) is 0 Å². The molecule has 0 bridgehead atoms. The van der Waals surface area contributed by atoms with Gasteiger partial charge >= 0.3 is 0 Å². The van der Waals surface area contributed by atoms with E-state index < -0.39 is 0 Å². The largest absolute Gasteiger partial charge is 0.310 e. The lowest BCUT2D eigenvalue weighted by atomic mass is 9.94. The van der Waals surface area contributed by atoms with Crippen LogP contribution in [0.3, 0.4) is 0 Å². The van der Waals surface area contributed by atoms with Crippen LogP contribution in [0.1, 0.15) is 35.2 Å². The molecule has 0 aliphatic rings. The van der Waals surface area contributed by atoms with Crippen LogP contribution in [0.2, 0.25) is 5.02 Å². The molecule has 1 N–H and O–H groups in total. The van der Waals surface area contributed by atoms with E-state index in [1.807, 2.05) is 12.1 Å². The van der Waals surface area contributed by atoms with Crippen molar-refractivity contribution in [2.45, 2.75) is 33.2 Å². The van der Waals surface area contributed by atoms with E-state index in [1.54, 1.807) is 0 Å². The molecule has 21 heavy (non-hydrogen) atoms. The van der Waals surface area contributed by atoms with Crippen molar-refractivity contribution < 1.29 is 0 Å². The Hall–Kier alpha value is -0.830.